The standard InChI is InChI=1S/C22H24N2O3/c1-3-13-24(18-9-5-4-6-10-18)21(25)16-23-15-17(14-22(26)27-2)19-11-7-8-12-20(19)23/h4-12,15H,3,13-14,16H2,1-2H3. The monoisotopic (exact) mass is 364 g/mol. The third-order valence-corrected chi connectivity index (χ3v) is 4.56. The lowest BCUT2D eigenvalue weighted by Crippen LogP contribution is -2.34. The predicted molar refractivity (Wildman–Crippen MR) is 107 cm³/mol. The molecule has 0 radical (unpaired) electrons. The molecule has 0 atom stereocenters. The van der Waals surface area contributed by atoms with Crippen LogP contribution in [-0.4, -0.2) is 30.1 Å². The van der Waals surface area contributed by atoms with Crippen molar-refractivity contribution in [3.8, 4) is 0 Å². The van der Waals surface area contributed by atoms with Gasteiger partial charge in [-0.05, 0) is 30.2 Å². The zero-order chi connectivity index (χ0) is 19.2. The molecular weight excluding hydrogens is 340 g/mol. The Kier molecular flexibility index (Phi) is 5.91. The zero-order valence-corrected chi connectivity index (χ0v) is 15.7. The number of benzene rings is 2. The summed E-state index contributed by atoms with van der Waals surface area (Å²) in [5, 5.41) is 0.970. The third-order valence-electron chi connectivity index (χ3n) is 4.56. The van der Waals surface area contributed by atoms with Gasteiger partial charge in [0.15, 0.2) is 0 Å². The molecule has 0 aliphatic carbocycles. The number of hydrogen-bond acceptors (Lipinski definition) is 3. The summed E-state index contributed by atoms with van der Waals surface area (Å²) < 4.78 is 6.72. The molecule has 0 saturated carbocycles. The summed E-state index contributed by atoms with van der Waals surface area (Å²) in [5.74, 6) is -0.269. The number of ether oxygens (including phenoxy) is 1. The Morgan fingerprint density at radius 2 is 1.74 bits per heavy atom. The summed E-state index contributed by atoms with van der Waals surface area (Å²) >= 11 is 0. The Labute approximate surface area is 159 Å². The number of carbonyl (C=O) groups excluding carboxylic acids is 2. The number of nitrogens with zero attached hydrogens (tertiary/aromatic N) is 2. The highest BCUT2D eigenvalue weighted by molar-refractivity contribution is 5.95. The number of hydrogen-bond donors (Lipinski definition) is 0. The number of aromatic nitrogens is 1. The van der Waals surface area contributed by atoms with Crippen molar-refractivity contribution in [2.24, 2.45) is 0 Å². The molecule has 1 amide bonds. The van der Waals surface area contributed by atoms with Crippen LogP contribution in [0, 0.1) is 0 Å². The molecule has 5 heteroatoms. The third kappa shape index (κ3) is 4.19. The highest BCUT2D eigenvalue weighted by Gasteiger charge is 2.18. The maximum Gasteiger partial charge on any atom is 0.310 e. The molecule has 3 rings (SSSR count). The van der Waals surface area contributed by atoms with E-state index in [4.69, 9.17) is 4.74 Å². The van der Waals surface area contributed by atoms with Gasteiger partial charge >= 0.3 is 5.97 Å². The first kappa shape index (κ1) is 18.7. The van der Waals surface area contributed by atoms with Crippen molar-refractivity contribution in [1.29, 1.82) is 0 Å². The number of carbonyl (C=O) groups is 2. The molecule has 0 unspecified atom stereocenters. The Morgan fingerprint density at radius 1 is 1.04 bits per heavy atom. The van der Waals surface area contributed by atoms with E-state index in [-0.39, 0.29) is 24.8 Å². The van der Waals surface area contributed by atoms with Crippen molar-refractivity contribution >= 4 is 28.5 Å². The normalized spacial score (nSPS) is 10.7. The molecule has 0 N–H and O–H groups in total. The average molecular weight is 364 g/mol. The maximum atomic E-state index is 13.0. The number of esters is 1. The van der Waals surface area contributed by atoms with Crippen molar-refractivity contribution in [2.45, 2.75) is 26.3 Å². The Balaban J connectivity index is 1.91. The van der Waals surface area contributed by atoms with Gasteiger partial charge in [-0.15, -0.1) is 0 Å². The van der Waals surface area contributed by atoms with Gasteiger partial charge < -0.3 is 14.2 Å². The van der Waals surface area contributed by atoms with Crippen molar-refractivity contribution in [3.05, 3.63) is 66.4 Å². The van der Waals surface area contributed by atoms with Crippen LogP contribution in [0.5, 0.6) is 0 Å². The van der Waals surface area contributed by atoms with Crippen molar-refractivity contribution < 1.29 is 14.3 Å². The van der Waals surface area contributed by atoms with Gasteiger partial charge in [0.1, 0.15) is 6.54 Å². The van der Waals surface area contributed by atoms with Gasteiger partial charge in [0, 0.05) is 29.3 Å². The molecular formula is C22H24N2O3. The second kappa shape index (κ2) is 8.54. The fourth-order valence-electron chi connectivity index (χ4n) is 3.28. The van der Waals surface area contributed by atoms with E-state index >= 15 is 0 Å². The van der Waals surface area contributed by atoms with E-state index in [1.54, 1.807) is 0 Å². The van der Waals surface area contributed by atoms with E-state index in [0.29, 0.717) is 6.54 Å². The fourth-order valence-corrected chi connectivity index (χ4v) is 3.28. The Bertz CT molecular complexity index is 931. The van der Waals surface area contributed by atoms with Crippen molar-refractivity contribution in [1.82, 2.24) is 4.57 Å². The molecule has 140 valence electrons. The van der Waals surface area contributed by atoms with E-state index < -0.39 is 0 Å². The lowest BCUT2D eigenvalue weighted by atomic mass is 10.1. The average Bonchev–Trinajstić information content (AvgIpc) is 3.04. The maximum absolute atomic E-state index is 13.0. The summed E-state index contributed by atoms with van der Waals surface area (Å²) in [4.78, 5) is 26.6. The van der Waals surface area contributed by atoms with Crippen LogP contribution in [0.3, 0.4) is 0 Å². The fraction of sp³-hybridized carbons (Fsp3) is 0.273. The largest absolute Gasteiger partial charge is 0.469 e. The van der Waals surface area contributed by atoms with Crippen LogP contribution < -0.4 is 4.90 Å². The second-order valence-corrected chi connectivity index (χ2v) is 6.43. The first-order valence-electron chi connectivity index (χ1n) is 9.13. The first-order chi connectivity index (χ1) is 13.1. The molecule has 1 aromatic heterocycles. The van der Waals surface area contributed by atoms with Gasteiger partial charge in [0.2, 0.25) is 5.91 Å². The lowest BCUT2D eigenvalue weighted by Gasteiger charge is -2.22. The van der Waals surface area contributed by atoms with Crippen LogP contribution in [0.2, 0.25) is 0 Å². The smallest absolute Gasteiger partial charge is 0.310 e. The first-order valence-corrected chi connectivity index (χ1v) is 9.13. The molecule has 0 aliphatic rings. The Hall–Kier alpha value is -3.08. The second-order valence-electron chi connectivity index (χ2n) is 6.43. The van der Waals surface area contributed by atoms with Gasteiger partial charge in [-0.3, -0.25) is 9.59 Å². The van der Waals surface area contributed by atoms with Crippen LogP contribution in [0.1, 0.15) is 18.9 Å². The Morgan fingerprint density at radius 3 is 2.44 bits per heavy atom. The summed E-state index contributed by atoms with van der Waals surface area (Å²) in [5.41, 5.74) is 2.71. The van der Waals surface area contributed by atoms with E-state index in [1.807, 2.05) is 70.3 Å². The number of rotatable bonds is 7. The summed E-state index contributed by atoms with van der Waals surface area (Å²) in [7, 11) is 1.38. The number of methoxy groups -OCH3 is 1. The van der Waals surface area contributed by atoms with Gasteiger partial charge in [-0.2, -0.15) is 0 Å². The number of anilines is 1. The molecule has 0 fully saturated rings. The number of para-hydroxylation sites is 2. The molecule has 0 spiro atoms. The topological polar surface area (TPSA) is 51.5 Å². The SMILES string of the molecule is CCCN(C(=O)Cn1cc(CC(=O)OC)c2ccccc21)c1ccccc1. The molecule has 0 saturated heterocycles. The molecule has 1 heterocycles. The van der Waals surface area contributed by atoms with Gasteiger partial charge in [-0.1, -0.05) is 43.3 Å². The summed E-state index contributed by atoms with van der Waals surface area (Å²) in [6, 6.07) is 17.5. The van der Waals surface area contributed by atoms with E-state index in [9.17, 15) is 9.59 Å². The lowest BCUT2D eigenvalue weighted by molar-refractivity contribution is -0.139. The quantitative estimate of drug-likeness (QED) is 0.599. The highest BCUT2D eigenvalue weighted by Crippen LogP contribution is 2.23. The zero-order valence-electron chi connectivity index (χ0n) is 15.7. The molecule has 2 aromatic carbocycles. The van der Waals surface area contributed by atoms with Crippen LogP contribution in [0.4, 0.5) is 5.69 Å². The van der Waals surface area contributed by atoms with Gasteiger partial charge in [-0.25, -0.2) is 0 Å². The minimum absolute atomic E-state index is 0.0217. The van der Waals surface area contributed by atoms with E-state index in [2.05, 4.69) is 6.92 Å². The van der Waals surface area contributed by atoms with Crippen LogP contribution in [0.25, 0.3) is 10.9 Å². The van der Waals surface area contributed by atoms with Crippen LogP contribution in [-0.2, 0) is 27.3 Å². The predicted octanol–water partition coefficient (Wildman–Crippen LogP) is 3.80. The van der Waals surface area contributed by atoms with E-state index in [1.165, 1.54) is 7.11 Å². The minimum Gasteiger partial charge on any atom is -0.469 e. The van der Waals surface area contributed by atoms with Crippen molar-refractivity contribution in [3.63, 3.8) is 0 Å². The molecule has 0 aliphatic heterocycles. The van der Waals surface area contributed by atoms with Gasteiger partial charge in [0.05, 0.1) is 13.5 Å². The van der Waals surface area contributed by atoms with Crippen molar-refractivity contribution in [2.75, 3.05) is 18.6 Å². The van der Waals surface area contributed by atoms with Crippen LogP contribution in [0.15, 0.2) is 60.8 Å². The van der Waals surface area contributed by atoms with Crippen LogP contribution >= 0.6 is 0 Å². The molecule has 0 bridgehead atoms. The molecule has 27 heavy (non-hydrogen) atoms. The number of fused-ring (bicyclic) bond motifs is 1. The summed E-state index contributed by atoms with van der Waals surface area (Å²) in [6.07, 6.45) is 2.95. The molecule has 5 nitrogen and oxygen atoms in total. The van der Waals surface area contributed by atoms with E-state index in [0.717, 1.165) is 28.6 Å². The minimum atomic E-state index is -0.291. The number of amides is 1. The highest BCUT2D eigenvalue weighted by atomic mass is 16.5. The summed E-state index contributed by atoms with van der Waals surface area (Å²) in [6.45, 7) is 2.94. The molecule has 3 aromatic rings. The van der Waals surface area contributed by atoms with Gasteiger partial charge in [0.25, 0.3) is 0 Å².